The highest BCUT2D eigenvalue weighted by atomic mass is 79.9. The largest absolute Gasteiger partial charge is 0.322 e. The summed E-state index contributed by atoms with van der Waals surface area (Å²) >= 11 is 3.36. The molecule has 1 amide bonds. The molecule has 0 saturated carbocycles. The quantitative estimate of drug-likeness (QED) is 0.863. The third-order valence-corrected chi connectivity index (χ3v) is 3.45. The monoisotopic (exact) mass is 317 g/mol. The van der Waals surface area contributed by atoms with Crippen molar-refractivity contribution in [3.63, 3.8) is 0 Å². The highest BCUT2D eigenvalue weighted by Crippen LogP contribution is 2.19. The minimum Gasteiger partial charge on any atom is -0.322 e. The van der Waals surface area contributed by atoms with E-state index in [1.165, 1.54) is 5.56 Å². The lowest BCUT2D eigenvalue weighted by Gasteiger charge is -2.09. The second-order valence-corrected chi connectivity index (χ2v) is 5.66. The van der Waals surface area contributed by atoms with Crippen LogP contribution in [0.5, 0.6) is 0 Å². The molecule has 0 fully saturated rings. The molecule has 0 aliphatic carbocycles. The molecule has 2 aromatic carbocycles. The van der Waals surface area contributed by atoms with Gasteiger partial charge in [-0.2, -0.15) is 0 Å². The molecule has 0 atom stereocenters. The number of benzene rings is 2. The number of amides is 1. The van der Waals surface area contributed by atoms with Crippen molar-refractivity contribution in [3.8, 4) is 0 Å². The fraction of sp³-hybridized carbons (Fsp3) is 0.188. The fourth-order valence-electron chi connectivity index (χ4n) is 1.78. The molecule has 0 aliphatic rings. The van der Waals surface area contributed by atoms with Gasteiger partial charge in [-0.25, -0.2) is 0 Å². The molecule has 2 nitrogen and oxygen atoms in total. The molecule has 0 aromatic heterocycles. The number of rotatable bonds is 3. The van der Waals surface area contributed by atoms with Crippen LogP contribution in [-0.4, -0.2) is 5.91 Å². The zero-order valence-corrected chi connectivity index (χ0v) is 12.6. The van der Waals surface area contributed by atoms with E-state index in [0.717, 1.165) is 10.2 Å². The Hall–Kier alpha value is -1.61. The second-order valence-electron chi connectivity index (χ2n) is 4.74. The minimum absolute atomic E-state index is 0.0894. The molecular formula is C16H16BrNO. The van der Waals surface area contributed by atoms with E-state index < -0.39 is 0 Å². The summed E-state index contributed by atoms with van der Waals surface area (Å²) in [6, 6.07) is 15.3. The van der Waals surface area contributed by atoms with Crippen LogP contribution in [0, 0.1) is 0 Å². The van der Waals surface area contributed by atoms with Gasteiger partial charge in [0.15, 0.2) is 0 Å². The summed E-state index contributed by atoms with van der Waals surface area (Å²) in [7, 11) is 0. The Balaban J connectivity index is 2.14. The Morgan fingerprint density at radius 2 is 1.79 bits per heavy atom. The molecule has 0 spiro atoms. The molecule has 0 unspecified atom stereocenters. The summed E-state index contributed by atoms with van der Waals surface area (Å²) in [5, 5.41) is 2.92. The van der Waals surface area contributed by atoms with Crippen LogP contribution < -0.4 is 5.32 Å². The smallest absolute Gasteiger partial charge is 0.255 e. The number of halogens is 1. The maximum atomic E-state index is 12.1. The topological polar surface area (TPSA) is 29.1 Å². The lowest BCUT2D eigenvalue weighted by molar-refractivity contribution is 0.102. The number of nitrogens with one attached hydrogen (secondary N) is 1. The van der Waals surface area contributed by atoms with Crippen molar-refractivity contribution in [2.75, 3.05) is 5.32 Å². The summed E-state index contributed by atoms with van der Waals surface area (Å²) in [5.74, 6) is 0.359. The number of anilines is 1. The summed E-state index contributed by atoms with van der Waals surface area (Å²) in [6.07, 6.45) is 0. The van der Waals surface area contributed by atoms with Crippen LogP contribution in [0.2, 0.25) is 0 Å². The van der Waals surface area contributed by atoms with Gasteiger partial charge in [-0.15, -0.1) is 0 Å². The normalized spacial score (nSPS) is 10.5. The van der Waals surface area contributed by atoms with Crippen molar-refractivity contribution in [1.29, 1.82) is 0 Å². The summed E-state index contributed by atoms with van der Waals surface area (Å²) < 4.78 is 0.964. The molecule has 19 heavy (non-hydrogen) atoms. The summed E-state index contributed by atoms with van der Waals surface area (Å²) in [4.78, 5) is 12.1. The number of hydrogen-bond acceptors (Lipinski definition) is 1. The number of hydrogen-bond donors (Lipinski definition) is 1. The lowest BCUT2D eigenvalue weighted by Crippen LogP contribution is -2.11. The molecule has 0 radical (unpaired) electrons. The highest BCUT2D eigenvalue weighted by molar-refractivity contribution is 9.10. The van der Waals surface area contributed by atoms with E-state index in [2.05, 4.69) is 41.2 Å². The van der Waals surface area contributed by atoms with Crippen molar-refractivity contribution >= 4 is 27.5 Å². The standard InChI is InChI=1S/C16H16BrNO/c1-11(2)13-4-3-5-15(10-13)18-16(19)12-6-8-14(17)9-7-12/h3-11H,1-2H3,(H,18,19). The Morgan fingerprint density at radius 1 is 1.11 bits per heavy atom. The maximum Gasteiger partial charge on any atom is 0.255 e. The number of carbonyl (C=O) groups is 1. The van der Waals surface area contributed by atoms with E-state index in [1.807, 2.05) is 30.3 Å². The van der Waals surface area contributed by atoms with Crippen LogP contribution in [0.1, 0.15) is 35.7 Å². The Morgan fingerprint density at radius 3 is 2.42 bits per heavy atom. The fourth-order valence-corrected chi connectivity index (χ4v) is 2.04. The van der Waals surface area contributed by atoms with E-state index in [-0.39, 0.29) is 5.91 Å². The first-order chi connectivity index (χ1) is 9.06. The minimum atomic E-state index is -0.0894. The lowest BCUT2D eigenvalue weighted by atomic mass is 10.0. The SMILES string of the molecule is CC(C)c1cccc(NC(=O)c2ccc(Br)cc2)c1. The van der Waals surface area contributed by atoms with Crippen LogP contribution in [0.15, 0.2) is 53.0 Å². The molecule has 98 valence electrons. The van der Waals surface area contributed by atoms with E-state index in [9.17, 15) is 4.79 Å². The van der Waals surface area contributed by atoms with Gasteiger partial charge in [0.25, 0.3) is 5.91 Å². The Kier molecular flexibility index (Phi) is 4.38. The molecule has 0 aliphatic heterocycles. The van der Waals surface area contributed by atoms with Gasteiger partial charge in [-0.1, -0.05) is 41.9 Å². The first-order valence-corrected chi connectivity index (χ1v) is 7.02. The van der Waals surface area contributed by atoms with Gasteiger partial charge in [0, 0.05) is 15.7 Å². The van der Waals surface area contributed by atoms with Gasteiger partial charge in [-0.05, 0) is 47.9 Å². The van der Waals surface area contributed by atoms with Crippen LogP contribution in [0.25, 0.3) is 0 Å². The van der Waals surface area contributed by atoms with E-state index in [4.69, 9.17) is 0 Å². The summed E-state index contributed by atoms with van der Waals surface area (Å²) in [5.41, 5.74) is 2.70. The second kappa shape index (κ2) is 6.02. The van der Waals surface area contributed by atoms with Crippen LogP contribution in [-0.2, 0) is 0 Å². The Bertz CT molecular complexity index is 576. The molecule has 1 N–H and O–H groups in total. The zero-order chi connectivity index (χ0) is 13.8. The first kappa shape index (κ1) is 13.8. The summed E-state index contributed by atoms with van der Waals surface area (Å²) in [6.45, 7) is 4.27. The van der Waals surface area contributed by atoms with E-state index >= 15 is 0 Å². The molecule has 2 rings (SSSR count). The molecule has 0 saturated heterocycles. The third-order valence-electron chi connectivity index (χ3n) is 2.92. The van der Waals surface area contributed by atoms with Gasteiger partial charge in [0.05, 0.1) is 0 Å². The highest BCUT2D eigenvalue weighted by Gasteiger charge is 2.07. The molecule has 0 bridgehead atoms. The number of carbonyl (C=O) groups excluding carboxylic acids is 1. The first-order valence-electron chi connectivity index (χ1n) is 6.23. The van der Waals surface area contributed by atoms with Gasteiger partial charge in [-0.3, -0.25) is 4.79 Å². The predicted octanol–water partition coefficient (Wildman–Crippen LogP) is 4.82. The molecular weight excluding hydrogens is 302 g/mol. The predicted molar refractivity (Wildman–Crippen MR) is 82.6 cm³/mol. The average Bonchev–Trinajstić information content (AvgIpc) is 2.39. The average molecular weight is 318 g/mol. The van der Waals surface area contributed by atoms with Crippen LogP contribution >= 0.6 is 15.9 Å². The van der Waals surface area contributed by atoms with Gasteiger partial charge < -0.3 is 5.32 Å². The van der Waals surface area contributed by atoms with Crippen LogP contribution in [0.4, 0.5) is 5.69 Å². The van der Waals surface area contributed by atoms with Crippen molar-refractivity contribution < 1.29 is 4.79 Å². The van der Waals surface area contributed by atoms with E-state index in [0.29, 0.717) is 11.5 Å². The van der Waals surface area contributed by atoms with Crippen molar-refractivity contribution in [2.45, 2.75) is 19.8 Å². The molecule has 2 aromatic rings. The molecule has 0 heterocycles. The zero-order valence-electron chi connectivity index (χ0n) is 11.0. The third kappa shape index (κ3) is 3.67. The van der Waals surface area contributed by atoms with Gasteiger partial charge >= 0.3 is 0 Å². The van der Waals surface area contributed by atoms with Gasteiger partial charge in [0.2, 0.25) is 0 Å². The van der Waals surface area contributed by atoms with Crippen LogP contribution in [0.3, 0.4) is 0 Å². The van der Waals surface area contributed by atoms with Crippen molar-refractivity contribution in [3.05, 3.63) is 64.1 Å². The van der Waals surface area contributed by atoms with Gasteiger partial charge in [0.1, 0.15) is 0 Å². The Labute approximate surface area is 122 Å². The maximum absolute atomic E-state index is 12.1. The van der Waals surface area contributed by atoms with E-state index in [1.54, 1.807) is 12.1 Å². The van der Waals surface area contributed by atoms with Crippen molar-refractivity contribution in [1.82, 2.24) is 0 Å². The molecule has 3 heteroatoms. The van der Waals surface area contributed by atoms with Crippen molar-refractivity contribution in [2.24, 2.45) is 0 Å².